The number of hydrogen-bond acceptors (Lipinski definition) is 3. The smallest absolute Gasteiger partial charge is 0.264 e. The second-order valence-electron chi connectivity index (χ2n) is 1.66. The van der Waals surface area contributed by atoms with Gasteiger partial charge in [0.05, 0.1) is 5.75 Å². The van der Waals surface area contributed by atoms with Crippen molar-refractivity contribution in [1.82, 2.24) is 0 Å². The third kappa shape index (κ3) is 26.8. The molecule has 0 amide bonds. The van der Waals surface area contributed by atoms with Crippen LogP contribution >= 0.6 is 0 Å². The van der Waals surface area contributed by atoms with Gasteiger partial charge < -0.3 is 0 Å². The minimum absolute atomic E-state index is 0.132. The van der Waals surface area contributed by atoms with E-state index in [1.54, 1.807) is 6.92 Å². The Balaban J connectivity index is 0. The zero-order chi connectivity index (χ0) is 9.33. The summed E-state index contributed by atoms with van der Waals surface area (Å²) in [5, 5.41) is 0. The first-order chi connectivity index (χ1) is 4.97. The summed E-state index contributed by atoms with van der Waals surface area (Å²) < 4.78 is 27.6. The molecular weight excluding hydrogens is 168 g/mol. The highest BCUT2D eigenvalue weighted by atomic mass is 32.2. The molecule has 0 spiro atoms. The van der Waals surface area contributed by atoms with Crippen LogP contribution in [0.1, 0.15) is 13.3 Å². The van der Waals surface area contributed by atoms with E-state index in [0.717, 1.165) is 0 Å². The number of allylic oxidation sites excluding steroid dienone is 1. The first-order valence-electron chi connectivity index (χ1n) is 2.99. The fourth-order valence-electron chi connectivity index (χ4n) is 0.258. The molecule has 0 aliphatic rings. The lowest BCUT2D eigenvalue weighted by molar-refractivity contribution is -0.104. The predicted molar refractivity (Wildman–Crippen MR) is 43.0 cm³/mol. The maximum Gasteiger partial charge on any atom is 0.264 e. The predicted octanol–water partition coefficient (Wildman–Crippen LogP) is 0.655. The molecule has 0 aromatic rings. The van der Waals surface area contributed by atoms with Crippen molar-refractivity contribution in [2.24, 2.45) is 0 Å². The van der Waals surface area contributed by atoms with Crippen LogP contribution in [0.4, 0.5) is 0 Å². The van der Waals surface area contributed by atoms with E-state index < -0.39 is 10.1 Å². The average Bonchev–Trinajstić information content (AvgIpc) is 1.86. The normalized spacial score (nSPS) is 9.27. The zero-order valence-corrected chi connectivity index (χ0v) is 7.17. The summed E-state index contributed by atoms with van der Waals surface area (Å²) >= 11 is 0. The highest BCUT2D eigenvalue weighted by Gasteiger charge is 1.98. The fourth-order valence-corrected chi connectivity index (χ4v) is 0.774. The van der Waals surface area contributed by atoms with E-state index >= 15 is 0 Å². The lowest BCUT2D eigenvalue weighted by atomic mass is 10.6. The summed E-state index contributed by atoms with van der Waals surface area (Å²) in [6, 6.07) is 0. The molecule has 0 fully saturated rings. The highest BCUT2D eigenvalue weighted by Crippen LogP contribution is 1.83. The molecule has 0 aliphatic heterocycles. The van der Waals surface area contributed by atoms with Crippen molar-refractivity contribution in [3.8, 4) is 0 Å². The van der Waals surface area contributed by atoms with Crippen LogP contribution in [0.5, 0.6) is 0 Å². The molecular formula is C6H12O4S. The van der Waals surface area contributed by atoms with Crippen molar-refractivity contribution in [3.63, 3.8) is 0 Å². The Morgan fingerprint density at radius 3 is 1.91 bits per heavy atom. The van der Waals surface area contributed by atoms with Gasteiger partial charge in [0.2, 0.25) is 0 Å². The molecule has 4 nitrogen and oxygen atoms in total. The molecule has 0 saturated heterocycles. The monoisotopic (exact) mass is 180 g/mol. The Kier molecular flexibility index (Phi) is 8.74. The molecule has 1 N–H and O–H groups in total. The Morgan fingerprint density at radius 1 is 1.55 bits per heavy atom. The number of hydrogen-bond donors (Lipinski definition) is 1. The maximum absolute atomic E-state index is 9.79. The second kappa shape index (κ2) is 7.43. The van der Waals surface area contributed by atoms with Crippen LogP contribution in [0.3, 0.4) is 0 Å². The lowest BCUT2D eigenvalue weighted by Gasteiger charge is -1.85. The van der Waals surface area contributed by atoms with Crippen molar-refractivity contribution in [3.05, 3.63) is 12.7 Å². The number of carbonyl (C=O) groups excluding carboxylic acids is 1. The van der Waals surface area contributed by atoms with Crippen LogP contribution in [0.15, 0.2) is 12.7 Å². The van der Waals surface area contributed by atoms with Crippen molar-refractivity contribution in [1.29, 1.82) is 0 Å². The van der Waals surface area contributed by atoms with Crippen molar-refractivity contribution >= 4 is 16.4 Å². The van der Waals surface area contributed by atoms with Crippen LogP contribution < -0.4 is 0 Å². The van der Waals surface area contributed by atoms with E-state index in [2.05, 4.69) is 6.58 Å². The van der Waals surface area contributed by atoms with Crippen LogP contribution in [-0.4, -0.2) is 25.0 Å². The van der Waals surface area contributed by atoms with Gasteiger partial charge in [-0.3, -0.25) is 9.35 Å². The van der Waals surface area contributed by atoms with Gasteiger partial charge in [-0.05, 0) is 12.5 Å². The molecule has 0 unspecified atom stereocenters. The van der Waals surface area contributed by atoms with Gasteiger partial charge in [0.25, 0.3) is 10.1 Å². The zero-order valence-electron chi connectivity index (χ0n) is 6.36. The number of rotatable bonds is 3. The number of aldehydes is 1. The highest BCUT2D eigenvalue weighted by molar-refractivity contribution is 7.85. The molecule has 0 radical (unpaired) electrons. The minimum Gasteiger partial charge on any atom is -0.299 e. The molecule has 11 heavy (non-hydrogen) atoms. The molecule has 0 heterocycles. The van der Waals surface area contributed by atoms with Gasteiger partial charge in [-0.25, -0.2) is 0 Å². The SMILES string of the molecule is C=CC=O.CCCS(=O)(=O)O. The van der Waals surface area contributed by atoms with Gasteiger partial charge in [-0.15, -0.1) is 0 Å². The van der Waals surface area contributed by atoms with Gasteiger partial charge in [-0.2, -0.15) is 8.42 Å². The molecule has 0 bridgehead atoms. The fraction of sp³-hybridized carbons (Fsp3) is 0.500. The molecule has 66 valence electrons. The van der Waals surface area contributed by atoms with Gasteiger partial charge in [0.1, 0.15) is 6.29 Å². The van der Waals surface area contributed by atoms with Gasteiger partial charge in [0.15, 0.2) is 0 Å². The van der Waals surface area contributed by atoms with Crippen LogP contribution in [0.2, 0.25) is 0 Å². The van der Waals surface area contributed by atoms with E-state index in [1.807, 2.05) is 0 Å². The van der Waals surface area contributed by atoms with E-state index in [-0.39, 0.29) is 5.75 Å². The molecule has 0 saturated carbocycles. The summed E-state index contributed by atoms with van der Waals surface area (Å²) in [4.78, 5) is 9.06. The largest absolute Gasteiger partial charge is 0.299 e. The summed E-state index contributed by atoms with van der Waals surface area (Å²) in [7, 11) is -3.67. The Labute approximate surface area is 66.7 Å². The van der Waals surface area contributed by atoms with Crippen LogP contribution in [0, 0.1) is 0 Å². The third-order valence-corrected chi connectivity index (χ3v) is 1.48. The molecule has 0 aromatic carbocycles. The molecule has 0 rings (SSSR count). The molecule has 0 aromatic heterocycles. The quantitative estimate of drug-likeness (QED) is 0.393. The maximum atomic E-state index is 9.79. The minimum atomic E-state index is -3.67. The number of carbonyl (C=O) groups is 1. The molecule has 0 aliphatic carbocycles. The summed E-state index contributed by atoms with van der Waals surface area (Å²) in [5.74, 6) is -0.132. The van der Waals surface area contributed by atoms with Crippen molar-refractivity contribution < 1.29 is 17.8 Å². The Morgan fingerprint density at radius 2 is 1.91 bits per heavy atom. The van der Waals surface area contributed by atoms with Gasteiger partial charge >= 0.3 is 0 Å². The topological polar surface area (TPSA) is 71.4 Å². The van der Waals surface area contributed by atoms with Gasteiger partial charge in [0, 0.05) is 0 Å². The van der Waals surface area contributed by atoms with Crippen LogP contribution in [0.25, 0.3) is 0 Å². The summed E-state index contributed by atoms with van der Waals surface area (Å²) in [6.07, 6.45) is 2.30. The molecule has 0 atom stereocenters. The second-order valence-corrected chi connectivity index (χ2v) is 3.23. The first-order valence-corrected chi connectivity index (χ1v) is 4.60. The Bertz CT molecular complexity index is 187. The van der Waals surface area contributed by atoms with Crippen LogP contribution in [-0.2, 0) is 14.9 Å². The Hall–Kier alpha value is -0.680. The van der Waals surface area contributed by atoms with E-state index in [1.165, 1.54) is 6.08 Å². The van der Waals surface area contributed by atoms with E-state index in [0.29, 0.717) is 12.7 Å². The van der Waals surface area contributed by atoms with E-state index in [4.69, 9.17) is 9.35 Å². The first kappa shape index (κ1) is 12.9. The lowest BCUT2D eigenvalue weighted by Crippen LogP contribution is -2.01. The summed E-state index contributed by atoms with van der Waals surface area (Å²) in [6.45, 7) is 4.80. The van der Waals surface area contributed by atoms with E-state index in [9.17, 15) is 8.42 Å². The third-order valence-electron chi connectivity index (χ3n) is 0.558. The van der Waals surface area contributed by atoms with Crippen molar-refractivity contribution in [2.75, 3.05) is 5.75 Å². The molecule has 5 heteroatoms. The standard InChI is InChI=1S/C3H8O3S.C3H4O/c1-2-3-7(4,5)6;1-2-3-4/h2-3H2,1H3,(H,4,5,6);2-3H,1H2. The van der Waals surface area contributed by atoms with Crippen molar-refractivity contribution in [2.45, 2.75) is 13.3 Å². The summed E-state index contributed by atoms with van der Waals surface area (Å²) in [5.41, 5.74) is 0. The van der Waals surface area contributed by atoms with Gasteiger partial charge in [-0.1, -0.05) is 13.5 Å². The average molecular weight is 180 g/mol.